The average molecular weight is 531 g/mol. The Bertz CT molecular complexity index is 757. The van der Waals surface area contributed by atoms with E-state index in [0.717, 1.165) is 12.1 Å². The lowest BCUT2D eigenvalue weighted by atomic mass is 10.0. The van der Waals surface area contributed by atoms with Crippen LogP contribution in [0.25, 0.3) is 0 Å². The van der Waals surface area contributed by atoms with Crippen molar-refractivity contribution in [3.8, 4) is 0 Å². The first-order chi connectivity index (χ1) is 13.6. The first-order valence-corrected chi connectivity index (χ1v) is 9.73. The van der Waals surface area contributed by atoms with Crippen LogP contribution < -0.4 is 16.0 Å². The molecule has 0 aliphatic rings. The molecule has 0 saturated carbocycles. The number of halogens is 2. The van der Waals surface area contributed by atoms with Gasteiger partial charge < -0.3 is 21.1 Å². The predicted octanol–water partition coefficient (Wildman–Crippen LogP) is 3.02. The second-order valence-corrected chi connectivity index (χ2v) is 6.64. The van der Waals surface area contributed by atoms with E-state index < -0.39 is 0 Å². The van der Waals surface area contributed by atoms with Crippen LogP contribution >= 0.6 is 35.6 Å². The van der Waals surface area contributed by atoms with E-state index >= 15 is 0 Å². The van der Waals surface area contributed by atoms with Crippen molar-refractivity contribution < 1.29 is 9.90 Å². The Hall–Kier alpha value is -1.84. The molecule has 0 saturated heterocycles. The highest BCUT2D eigenvalue weighted by Crippen LogP contribution is 2.14. The molecule has 0 radical (unpaired) electrons. The third kappa shape index (κ3) is 9.01. The minimum atomic E-state index is -0.148. The Morgan fingerprint density at radius 1 is 1.03 bits per heavy atom. The first-order valence-electron chi connectivity index (χ1n) is 9.35. The summed E-state index contributed by atoms with van der Waals surface area (Å²) in [7, 11) is 0. The van der Waals surface area contributed by atoms with Gasteiger partial charge in [-0.05, 0) is 36.8 Å². The van der Waals surface area contributed by atoms with Crippen LogP contribution in [-0.4, -0.2) is 49.8 Å². The van der Waals surface area contributed by atoms with Crippen LogP contribution in [0.4, 0.5) is 0 Å². The number of carbonyl (C=O) groups is 1. The fourth-order valence-corrected chi connectivity index (χ4v) is 2.72. The molecule has 2 aromatic carbocycles. The van der Waals surface area contributed by atoms with Gasteiger partial charge in [-0.3, -0.25) is 9.79 Å². The molecule has 2 rings (SSSR count). The topological polar surface area (TPSA) is 85.8 Å². The molecule has 1 amide bonds. The molecular formula is C21H28ClIN4O2. The second-order valence-electron chi connectivity index (χ2n) is 6.20. The third-order valence-electron chi connectivity index (χ3n) is 4.11. The molecule has 0 heterocycles. The Kier molecular flexibility index (Phi) is 12.3. The van der Waals surface area contributed by atoms with E-state index in [1.165, 1.54) is 0 Å². The van der Waals surface area contributed by atoms with Crippen molar-refractivity contribution in [3.05, 3.63) is 70.7 Å². The standard InChI is InChI=1S/C21H27ClN4O2.HI/c1-2-23-21(26-14-18(15-27)16-6-4-3-5-7-16)25-13-12-24-20(28)17-8-10-19(22)11-9-17;/h3-11,18,27H,2,12-15H2,1H3,(H,24,28)(H2,23,25,26);1H. The van der Waals surface area contributed by atoms with Crippen molar-refractivity contribution in [2.24, 2.45) is 4.99 Å². The minimum Gasteiger partial charge on any atom is -0.396 e. The van der Waals surface area contributed by atoms with E-state index in [1.54, 1.807) is 24.3 Å². The molecule has 0 fully saturated rings. The maximum atomic E-state index is 12.1. The summed E-state index contributed by atoms with van der Waals surface area (Å²) in [6, 6.07) is 16.6. The SMILES string of the molecule is CCNC(=NCC(CO)c1ccccc1)NCCNC(=O)c1ccc(Cl)cc1.I. The largest absolute Gasteiger partial charge is 0.396 e. The summed E-state index contributed by atoms with van der Waals surface area (Å²) in [5.41, 5.74) is 1.62. The summed E-state index contributed by atoms with van der Waals surface area (Å²) in [6.07, 6.45) is 0. The summed E-state index contributed by atoms with van der Waals surface area (Å²) in [5.74, 6) is 0.448. The number of hydrogen-bond donors (Lipinski definition) is 4. The number of hydrogen-bond acceptors (Lipinski definition) is 3. The minimum absolute atomic E-state index is 0. The van der Waals surface area contributed by atoms with Gasteiger partial charge in [0, 0.05) is 36.1 Å². The molecule has 1 unspecified atom stereocenters. The summed E-state index contributed by atoms with van der Waals surface area (Å²) >= 11 is 5.83. The van der Waals surface area contributed by atoms with Crippen LogP contribution in [0.1, 0.15) is 28.8 Å². The molecule has 6 nitrogen and oxygen atoms in total. The number of carbonyl (C=O) groups excluding carboxylic acids is 1. The van der Waals surface area contributed by atoms with Gasteiger partial charge in [-0.15, -0.1) is 24.0 Å². The number of benzene rings is 2. The van der Waals surface area contributed by atoms with Crippen molar-refractivity contribution in [2.75, 3.05) is 32.8 Å². The van der Waals surface area contributed by atoms with E-state index in [4.69, 9.17) is 11.6 Å². The van der Waals surface area contributed by atoms with Crippen LogP contribution in [0.5, 0.6) is 0 Å². The number of aliphatic hydroxyl groups is 1. The average Bonchev–Trinajstić information content (AvgIpc) is 2.72. The Morgan fingerprint density at radius 2 is 1.69 bits per heavy atom. The van der Waals surface area contributed by atoms with Gasteiger partial charge in [0.15, 0.2) is 5.96 Å². The van der Waals surface area contributed by atoms with Crippen LogP contribution in [-0.2, 0) is 0 Å². The maximum Gasteiger partial charge on any atom is 0.251 e. The quantitative estimate of drug-likeness (QED) is 0.174. The Labute approximate surface area is 194 Å². The summed E-state index contributed by atoms with van der Waals surface area (Å²) < 4.78 is 0. The number of nitrogens with zero attached hydrogens (tertiary/aromatic N) is 1. The fourth-order valence-electron chi connectivity index (χ4n) is 2.60. The lowest BCUT2D eigenvalue weighted by Crippen LogP contribution is -2.41. The second kappa shape index (κ2) is 14.2. The van der Waals surface area contributed by atoms with Crippen LogP contribution in [0, 0.1) is 0 Å². The van der Waals surface area contributed by atoms with E-state index in [9.17, 15) is 9.90 Å². The van der Waals surface area contributed by atoms with Gasteiger partial charge in [0.1, 0.15) is 0 Å². The van der Waals surface area contributed by atoms with Gasteiger partial charge in [-0.2, -0.15) is 0 Å². The van der Waals surface area contributed by atoms with Crippen molar-refractivity contribution in [1.82, 2.24) is 16.0 Å². The van der Waals surface area contributed by atoms with Gasteiger partial charge in [-0.25, -0.2) is 0 Å². The highest BCUT2D eigenvalue weighted by atomic mass is 127. The Morgan fingerprint density at radius 3 is 2.31 bits per heavy atom. The Balaban J connectivity index is 0.00000420. The number of guanidine groups is 1. The lowest BCUT2D eigenvalue weighted by Gasteiger charge is -2.15. The smallest absolute Gasteiger partial charge is 0.251 e. The molecule has 0 aromatic heterocycles. The molecule has 29 heavy (non-hydrogen) atoms. The zero-order valence-corrected chi connectivity index (χ0v) is 19.5. The van der Waals surface area contributed by atoms with Gasteiger partial charge in [0.25, 0.3) is 5.91 Å². The summed E-state index contributed by atoms with van der Waals surface area (Å²) in [4.78, 5) is 16.6. The summed E-state index contributed by atoms with van der Waals surface area (Å²) in [6.45, 7) is 4.18. The van der Waals surface area contributed by atoms with Gasteiger partial charge in [-0.1, -0.05) is 41.9 Å². The van der Waals surface area contributed by atoms with Gasteiger partial charge >= 0.3 is 0 Å². The predicted molar refractivity (Wildman–Crippen MR) is 129 cm³/mol. The van der Waals surface area contributed by atoms with E-state index in [-0.39, 0.29) is 42.4 Å². The van der Waals surface area contributed by atoms with Crippen molar-refractivity contribution in [2.45, 2.75) is 12.8 Å². The molecule has 158 valence electrons. The molecule has 8 heteroatoms. The molecule has 2 aromatic rings. The van der Waals surface area contributed by atoms with Crippen LogP contribution in [0.15, 0.2) is 59.6 Å². The molecule has 0 bridgehead atoms. The fraction of sp³-hybridized carbons (Fsp3) is 0.333. The highest BCUT2D eigenvalue weighted by molar-refractivity contribution is 14.0. The zero-order valence-electron chi connectivity index (χ0n) is 16.4. The van der Waals surface area contributed by atoms with E-state index in [0.29, 0.717) is 36.2 Å². The molecule has 0 spiro atoms. The van der Waals surface area contributed by atoms with E-state index in [2.05, 4.69) is 20.9 Å². The third-order valence-corrected chi connectivity index (χ3v) is 4.37. The molecule has 0 aliphatic carbocycles. The lowest BCUT2D eigenvalue weighted by molar-refractivity contribution is 0.0954. The maximum absolute atomic E-state index is 12.1. The number of amides is 1. The van der Waals surface area contributed by atoms with Crippen LogP contribution in [0.3, 0.4) is 0 Å². The van der Waals surface area contributed by atoms with Gasteiger partial charge in [0.05, 0.1) is 13.2 Å². The number of aliphatic imine (C=N–C) groups is 1. The monoisotopic (exact) mass is 530 g/mol. The number of rotatable bonds is 9. The number of nitrogens with one attached hydrogen (secondary N) is 3. The molecule has 1 atom stereocenters. The highest BCUT2D eigenvalue weighted by Gasteiger charge is 2.10. The molecule has 0 aliphatic heterocycles. The normalized spacial score (nSPS) is 11.9. The zero-order chi connectivity index (χ0) is 20.2. The summed E-state index contributed by atoms with van der Waals surface area (Å²) in [5, 5.41) is 19.5. The van der Waals surface area contributed by atoms with Crippen molar-refractivity contribution >= 4 is 47.4 Å². The number of aliphatic hydroxyl groups excluding tert-OH is 1. The first kappa shape index (κ1) is 25.2. The van der Waals surface area contributed by atoms with E-state index in [1.807, 2.05) is 37.3 Å². The molecule has 4 N–H and O–H groups in total. The van der Waals surface area contributed by atoms with Crippen molar-refractivity contribution in [3.63, 3.8) is 0 Å². The van der Waals surface area contributed by atoms with Crippen LogP contribution in [0.2, 0.25) is 5.02 Å². The molecular weight excluding hydrogens is 503 g/mol. The van der Waals surface area contributed by atoms with Gasteiger partial charge in [0.2, 0.25) is 0 Å². The van der Waals surface area contributed by atoms with Crippen molar-refractivity contribution in [1.29, 1.82) is 0 Å².